The van der Waals surface area contributed by atoms with E-state index in [-0.39, 0.29) is 17.2 Å². The first-order chi connectivity index (χ1) is 13.0. The van der Waals surface area contributed by atoms with Crippen molar-refractivity contribution in [1.82, 2.24) is 0 Å². The van der Waals surface area contributed by atoms with Crippen LogP contribution in [0, 0.1) is 11.3 Å². The van der Waals surface area contributed by atoms with Gasteiger partial charge >= 0.3 is 0 Å². The van der Waals surface area contributed by atoms with E-state index >= 15 is 0 Å². The Kier molecular flexibility index (Phi) is 5.57. The highest BCUT2D eigenvalue weighted by Crippen LogP contribution is 2.46. The van der Waals surface area contributed by atoms with Gasteiger partial charge in [-0.15, -0.1) is 0 Å². The van der Waals surface area contributed by atoms with Crippen molar-refractivity contribution in [1.29, 1.82) is 5.26 Å². The molecule has 1 aliphatic carbocycles. The Labute approximate surface area is 166 Å². The molecule has 1 atom stereocenters. The molecule has 0 saturated heterocycles. The number of carbonyl (C=O) groups is 1. The summed E-state index contributed by atoms with van der Waals surface area (Å²) in [7, 11) is 1.53. The number of allylic oxidation sites excluding steroid dienone is 3. The largest absolute Gasteiger partial charge is 0.493 e. The maximum atomic E-state index is 12.6. The molecule has 1 heterocycles. The van der Waals surface area contributed by atoms with E-state index in [1.807, 2.05) is 6.07 Å². The van der Waals surface area contributed by atoms with Gasteiger partial charge in [0.05, 0.1) is 17.5 Å². The minimum atomic E-state index is -0.592. The summed E-state index contributed by atoms with van der Waals surface area (Å²) < 4.78 is 17.4. The Balaban J connectivity index is 2.17. The third-order valence-electron chi connectivity index (χ3n) is 4.54. The fourth-order valence-electron chi connectivity index (χ4n) is 3.38. The number of hydrogen-bond acceptors (Lipinski definition) is 6. The molecule has 7 heteroatoms. The van der Waals surface area contributed by atoms with Crippen molar-refractivity contribution < 1.29 is 19.0 Å². The minimum absolute atomic E-state index is 0.0245. The average Bonchev–Trinajstić information content (AvgIpc) is 2.65. The summed E-state index contributed by atoms with van der Waals surface area (Å²) in [5.41, 5.74) is 7.41. The molecule has 1 unspecified atom stereocenters. The standard InChI is InChI=1S/C20H19BrN2O4/c1-3-7-26-19-13(21)8-11(9-16(19)25-2)17-12(10-22)20(23)27-15-6-4-5-14(24)18(15)17/h3,8-9,17H,1,4-7,23H2,2H3. The molecule has 0 fully saturated rings. The predicted octanol–water partition coefficient (Wildman–Crippen LogP) is 3.84. The zero-order valence-corrected chi connectivity index (χ0v) is 16.5. The Morgan fingerprint density at radius 3 is 2.93 bits per heavy atom. The van der Waals surface area contributed by atoms with Crippen LogP contribution >= 0.6 is 15.9 Å². The lowest BCUT2D eigenvalue weighted by molar-refractivity contribution is -0.116. The summed E-state index contributed by atoms with van der Waals surface area (Å²) >= 11 is 3.49. The molecular formula is C20H19BrN2O4. The van der Waals surface area contributed by atoms with Crippen LogP contribution in [0.2, 0.25) is 0 Å². The Morgan fingerprint density at radius 1 is 1.48 bits per heavy atom. The van der Waals surface area contributed by atoms with Crippen molar-refractivity contribution in [2.24, 2.45) is 5.73 Å². The van der Waals surface area contributed by atoms with E-state index in [9.17, 15) is 10.1 Å². The van der Waals surface area contributed by atoms with E-state index in [2.05, 4.69) is 28.6 Å². The second-order valence-corrected chi connectivity index (χ2v) is 7.03. The zero-order chi connectivity index (χ0) is 19.6. The molecule has 0 spiro atoms. The van der Waals surface area contributed by atoms with Crippen molar-refractivity contribution in [3.05, 3.63) is 57.6 Å². The van der Waals surface area contributed by atoms with E-state index < -0.39 is 5.92 Å². The van der Waals surface area contributed by atoms with E-state index in [1.165, 1.54) is 7.11 Å². The number of ketones is 1. The van der Waals surface area contributed by atoms with Crippen LogP contribution in [-0.4, -0.2) is 19.5 Å². The van der Waals surface area contributed by atoms with E-state index in [0.717, 1.165) is 0 Å². The minimum Gasteiger partial charge on any atom is -0.493 e. The fraction of sp³-hybridized carbons (Fsp3) is 0.300. The number of nitriles is 1. The van der Waals surface area contributed by atoms with Crippen LogP contribution in [0.3, 0.4) is 0 Å². The number of Topliss-reactive ketones (excluding diaryl/α,β-unsaturated/α-hetero) is 1. The maximum Gasteiger partial charge on any atom is 0.205 e. The van der Waals surface area contributed by atoms with Crippen LogP contribution in [0.4, 0.5) is 0 Å². The number of hydrogen-bond donors (Lipinski definition) is 1. The second-order valence-electron chi connectivity index (χ2n) is 6.17. The molecule has 0 aromatic heterocycles. The third kappa shape index (κ3) is 3.45. The molecule has 0 radical (unpaired) electrons. The summed E-state index contributed by atoms with van der Waals surface area (Å²) in [6.07, 6.45) is 3.39. The molecule has 0 saturated carbocycles. The molecule has 2 aliphatic rings. The van der Waals surface area contributed by atoms with Gasteiger partial charge in [-0.25, -0.2) is 0 Å². The highest BCUT2D eigenvalue weighted by atomic mass is 79.9. The van der Waals surface area contributed by atoms with Gasteiger partial charge in [0.15, 0.2) is 17.3 Å². The number of methoxy groups -OCH3 is 1. The topological polar surface area (TPSA) is 94.6 Å². The van der Waals surface area contributed by atoms with E-state index in [0.29, 0.717) is 58.7 Å². The molecular weight excluding hydrogens is 412 g/mol. The summed E-state index contributed by atoms with van der Waals surface area (Å²) in [6, 6.07) is 5.68. The molecule has 1 aromatic rings. The molecule has 0 bridgehead atoms. The summed E-state index contributed by atoms with van der Waals surface area (Å²) in [5, 5.41) is 9.66. The van der Waals surface area contributed by atoms with Gasteiger partial charge in [-0.1, -0.05) is 12.7 Å². The first kappa shape index (κ1) is 19.1. The monoisotopic (exact) mass is 430 g/mol. The number of rotatable bonds is 5. The first-order valence-corrected chi connectivity index (χ1v) is 9.26. The highest BCUT2D eigenvalue weighted by molar-refractivity contribution is 9.10. The lowest BCUT2D eigenvalue weighted by Crippen LogP contribution is -2.27. The molecule has 6 nitrogen and oxygen atoms in total. The quantitative estimate of drug-likeness (QED) is 0.712. The van der Waals surface area contributed by atoms with Gasteiger partial charge in [0.25, 0.3) is 0 Å². The number of ether oxygens (including phenoxy) is 3. The van der Waals surface area contributed by atoms with Crippen LogP contribution in [0.25, 0.3) is 0 Å². The molecule has 1 aliphatic heterocycles. The van der Waals surface area contributed by atoms with E-state index in [4.69, 9.17) is 19.9 Å². The number of nitrogens with two attached hydrogens (primary N) is 1. The Bertz CT molecular complexity index is 911. The van der Waals surface area contributed by atoms with E-state index in [1.54, 1.807) is 12.1 Å². The zero-order valence-electron chi connectivity index (χ0n) is 14.9. The maximum absolute atomic E-state index is 12.6. The van der Waals surface area contributed by atoms with Crippen LogP contribution in [0.1, 0.15) is 30.7 Å². The van der Waals surface area contributed by atoms with Crippen molar-refractivity contribution in [2.45, 2.75) is 25.2 Å². The van der Waals surface area contributed by atoms with Gasteiger partial charge in [-0.05, 0) is 40.0 Å². The fourth-order valence-corrected chi connectivity index (χ4v) is 3.95. The predicted molar refractivity (Wildman–Crippen MR) is 103 cm³/mol. The summed E-state index contributed by atoms with van der Waals surface area (Å²) in [4.78, 5) is 12.6. The van der Waals surface area contributed by atoms with Gasteiger partial charge < -0.3 is 19.9 Å². The van der Waals surface area contributed by atoms with Crippen LogP contribution in [0.15, 0.2) is 52.0 Å². The molecule has 1 aromatic carbocycles. The SMILES string of the molecule is C=CCOc1c(Br)cc(C2C(C#N)=C(N)OC3=C2C(=O)CCC3)cc1OC. The molecule has 0 amide bonds. The second kappa shape index (κ2) is 7.89. The lowest BCUT2D eigenvalue weighted by atomic mass is 9.77. The summed E-state index contributed by atoms with van der Waals surface area (Å²) in [5.74, 6) is 0.975. The normalized spacial score (nSPS) is 19.1. The van der Waals surface area contributed by atoms with Crippen molar-refractivity contribution in [3.63, 3.8) is 0 Å². The average molecular weight is 431 g/mol. The molecule has 140 valence electrons. The number of nitrogens with zero attached hydrogens (tertiary/aromatic N) is 1. The van der Waals surface area contributed by atoms with Crippen LogP contribution in [0.5, 0.6) is 11.5 Å². The smallest absolute Gasteiger partial charge is 0.205 e. The highest BCUT2D eigenvalue weighted by Gasteiger charge is 2.38. The van der Waals surface area contributed by atoms with Gasteiger partial charge in [-0.3, -0.25) is 4.79 Å². The van der Waals surface area contributed by atoms with Gasteiger partial charge in [0, 0.05) is 18.4 Å². The van der Waals surface area contributed by atoms with Gasteiger partial charge in [0.2, 0.25) is 5.88 Å². The van der Waals surface area contributed by atoms with Crippen molar-refractivity contribution in [3.8, 4) is 17.6 Å². The lowest BCUT2D eigenvalue weighted by Gasteiger charge is -2.31. The Hall–Kier alpha value is -2.72. The van der Waals surface area contributed by atoms with Gasteiger partial charge in [-0.2, -0.15) is 5.26 Å². The van der Waals surface area contributed by atoms with Crippen LogP contribution in [-0.2, 0) is 9.53 Å². The number of carbonyl (C=O) groups excluding carboxylic acids is 1. The van der Waals surface area contributed by atoms with Gasteiger partial charge in [0.1, 0.15) is 24.0 Å². The molecule has 2 N–H and O–H groups in total. The van der Waals surface area contributed by atoms with Crippen molar-refractivity contribution in [2.75, 3.05) is 13.7 Å². The van der Waals surface area contributed by atoms with Crippen LogP contribution < -0.4 is 15.2 Å². The molecule has 3 rings (SSSR count). The molecule has 27 heavy (non-hydrogen) atoms. The van der Waals surface area contributed by atoms with Crippen molar-refractivity contribution >= 4 is 21.7 Å². The third-order valence-corrected chi connectivity index (χ3v) is 5.12. The number of halogens is 1. The summed E-state index contributed by atoms with van der Waals surface area (Å²) in [6.45, 7) is 3.96. The first-order valence-electron chi connectivity index (χ1n) is 8.46. The number of benzene rings is 1. The Morgan fingerprint density at radius 2 is 2.26 bits per heavy atom.